The molecule has 5 nitrogen and oxygen atoms in total. The van der Waals surface area contributed by atoms with Crippen molar-refractivity contribution in [1.29, 1.82) is 0 Å². The summed E-state index contributed by atoms with van der Waals surface area (Å²) in [6, 6.07) is 0. The summed E-state index contributed by atoms with van der Waals surface area (Å²) in [5.41, 5.74) is 5.47. The number of rotatable bonds is 4. The Kier molecular flexibility index (Phi) is 4.68. The fourth-order valence-corrected chi connectivity index (χ4v) is 2.23. The second kappa shape index (κ2) is 5.69. The molecule has 1 aromatic rings. The Morgan fingerprint density at radius 1 is 1.37 bits per heavy atom. The van der Waals surface area contributed by atoms with E-state index in [2.05, 4.69) is 4.98 Å². The van der Waals surface area contributed by atoms with E-state index in [9.17, 15) is 9.59 Å². The molecule has 1 atom stereocenters. The zero-order chi connectivity index (χ0) is 14.8. The van der Waals surface area contributed by atoms with Crippen LogP contribution in [0.4, 0.5) is 5.13 Å². The number of ketones is 1. The van der Waals surface area contributed by atoms with Crippen molar-refractivity contribution in [2.75, 3.05) is 5.73 Å². The molecule has 1 heterocycles. The molecule has 0 saturated heterocycles. The van der Waals surface area contributed by atoms with Gasteiger partial charge in [-0.05, 0) is 34.6 Å². The van der Waals surface area contributed by atoms with Gasteiger partial charge in [-0.2, -0.15) is 0 Å². The predicted octanol–water partition coefficient (Wildman–Crippen LogP) is 2.33. The molecule has 0 aliphatic heterocycles. The average molecular weight is 283 g/mol. The Hall–Kier alpha value is -1.43. The Morgan fingerprint density at radius 2 is 1.95 bits per heavy atom. The summed E-state index contributed by atoms with van der Waals surface area (Å²) in [5, 5.41) is 2.06. The van der Waals surface area contributed by atoms with Crippen molar-refractivity contribution in [2.24, 2.45) is 0 Å². The van der Waals surface area contributed by atoms with E-state index in [0.29, 0.717) is 16.7 Å². The Labute approximate surface area is 117 Å². The highest BCUT2D eigenvalue weighted by atomic mass is 32.1. The zero-order valence-corrected chi connectivity index (χ0v) is 12.6. The lowest BCUT2D eigenvalue weighted by molar-refractivity contribution is -0.153. The number of nitrogens with zero attached hydrogens (tertiary/aromatic N) is 1. The number of esters is 1. The van der Waals surface area contributed by atoms with Crippen LogP contribution in [-0.4, -0.2) is 22.3 Å². The molecule has 1 radical (unpaired) electrons. The lowest BCUT2D eigenvalue weighted by Crippen LogP contribution is -2.31. The quantitative estimate of drug-likeness (QED) is 0.858. The van der Waals surface area contributed by atoms with E-state index < -0.39 is 17.5 Å². The molecule has 1 rings (SSSR count). The van der Waals surface area contributed by atoms with Crippen molar-refractivity contribution in [3.63, 3.8) is 0 Å². The summed E-state index contributed by atoms with van der Waals surface area (Å²) < 4.78 is 5.28. The van der Waals surface area contributed by atoms with Gasteiger partial charge in [0.1, 0.15) is 11.4 Å². The monoisotopic (exact) mass is 283 g/mol. The minimum absolute atomic E-state index is 0.159. The minimum atomic E-state index is -0.691. The van der Waals surface area contributed by atoms with E-state index in [1.807, 2.05) is 0 Å². The number of hydrogen-bond acceptors (Lipinski definition) is 6. The largest absolute Gasteiger partial charge is 0.459 e. The normalized spacial score (nSPS) is 13.4. The highest BCUT2D eigenvalue weighted by Crippen LogP contribution is 2.31. The zero-order valence-electron chi connectivity index (χ0n) is 11.8. The van der Waals surface area contributed by atoms with Gasteiger partial charge in [0.2, 0.25) is 0 Å². The number of hydrogen-bond donors (Lipinski definition) is 1. The number of Topliss-reactive ketones (excluding diaryl/α,β-unsaturated/α-hetero) is 1. The van der Waals surface area contributed by atoms with Gasteiger partial charge in [0, 0.05) is 5.38 Å². The summed E-state index contributed by atoms with van der Waals surface area (Å²) in [5.74, 6) is -1.01. The molecule has 0 aliphatic carbocycles. The third-order valence-electron chi connectivity index (χ3n) is 2.40. The Balaban J connectivity index is 2.94. The number of aromatic nitrogens is 1. The third kappa shape index (κ3) is 4.31. The van der Waals surface area contributed by atoms with Gasteiger partial charge in [0.15, 0.2) is 5.13 Å². The SMILES string of the molecule is C[C](C(=O)OC(C)(C)C)C(C(C)=O)c1csc(N)n1. The molecule has 0 spiro atoms. The maximum atomic E-state index is 12.0. The molecule has 6 heteroatoms. The van der Waals surface area contributed by atoms with Crippen LogP contribution in [0.5, 0.6) is 0 Å². The summed E-state index contributed by atoms with van der Waals surface area (Å²) in [6.45, 7) is 8.36. The minimum Gasteiger partial charge on any atom is -0.459 e. The van der Waals surface area contributed by atoms with Gasteiger partial charge in [-0.25, -0.2) is 4.98 Å². The first-order chi connectivity index (χ1) is 8.61. The van der Waals surface area contributed by atoms with Gasteiger partial charge >= 0.3 is 5.97 Å². The highest BCUT2D eigenvalue weighted by molar-refractivity contribution is 7.13. The molecule has 1 aromatic heterocycles. The van der Waals surface area contributed by atoms with Gasteiger partial charge in [0.05, 0.1) is 17.5 Å². The van der Waals surface area contributed by atoms with E-state index >= 15 is 0 Å². The number of anilines is 1. The van der Waals surface area contributed by atoms with E-state index in [1.54, 1.807) is 33.1 Å². The number of carbonyl (C=O) groups excluding carboxylic acids is 2. The Bertz CT molecular complexity index is 476. The molecule has 19 heavy (non-hydrogen) atoms. The second-order valence-corrected chi connectivity index (χ2v) is 6.23. The third-order valence-corrected chi connectivity index (χ3v) is 3.09. The van der Waals surface area contributed by atoms with Gasteiger partial charge in [0.25, 0.3) is 0 Å². The summed E-state index contributed by atoms with van der Waals surface area (Å²) >= 11 is 1.24. The van der Waals surface area contributed by atoms with Crippen molar-refractivity contribution in [3.8, 4) is 0 Å². The number of thiazole rings is 1. The maximum absolute atomic E-state index is 12.0. The second-order valence-electron chi connectivity index (χ2n) is 5.34. The van der Waals surface area contributed by atoms with E-state index in [4.69, 9.17) is 10.5 Å². The maximum Gasteiger partial charge on any atom is 0.314 e. The number of nitrogens with two attached hydrogens (primary N) is 1. The molecular formula is C13H19N2O3S. The first-order valence-corrected chi connectivity index (χ1v) is 6.78. The van der Waals surface area contributed by atoms with E-state index in [1.165, 1.54) is 18.3 Å². The lowest BCUT2D eigenvalue weighted by Gasteiger charge is -2.24. The van der Waals surface area contributed by atoms with Crippen LogP contribution >= 0.6 is 11.3 Å². The van der Waals surface area contributed by atoms with Crippen LogP contribution in [0.15, 0.2) is 5.38 Å². The molecule has 0 amide bonds. The lowest BCUT2D eigenvalue weighted by atomic mass is 9.88. The van der Waals surface area contributed by atoms with Crippen LogP contribution in [0.25, 0.3) is 0 Å². The Morgan fingerprint density at radius 3 is 2.32 bits per heavy atom. The fourth-order valence-electron chi connectivity index (χ4n) is 1.64. The van der Waals surface area contributed by atoms with Crippen LogP contribution in [0.2, 0.25) is 0 Å². The summed E-state index contributed by atoms with van der Waals surface area (Å²) in [4.78, 5) is 27.9. The van der Waals surface area contributed by atoms with Crippen LogP contribution in [0.1, 0.15) is 46.2 Å². The van der Waals surface area contributed by atoms with Gasteiger partial charge in [-0.3, -0.25) is 9.59 Å². The van der Waals surface area contributed by atoms with Crippen molar-refractivity contribution in [1.82, 2.24) is 4.98 Å². The standard InChI is InChI=1S/C13H19N2O3S/c1-7(11(17)18-13(3,4)5)10(8(2)16)9-6-19-12(14)15-9/h6,10H,1-5H3,(H2,14,15). The van der Waals surface area contributed by atoms with Gasteiger partial charge in [-0.1, -0.05) is 0 Å². The number of nitrogen functional groups attached to an aromatic ring is 1. The first-order valence-electron chi connectivity index (χ1n) is 5.90. The van der Waals surface area contributed by atoms with Crippen molar-refractivity contribution >= 4 is 28.2 Å². The highest BCUT2D eigenvalue weighted by Gasteiger charge is 2.34. The summed E-state index contributed by atoms with van der Waals surface area (Å²) in [7, 11) is 0. The molecule has 1 unspecified atom stereocenters. The van der Waals surface area contributed by atoms with Crippen LogP contribution in [0, 0.1) is 5.92 Å². The van der Waals surface area contributed by atoms with E-state index in [-0.39, 0.29) is 5.78 Å². The molecule has 0 fully saturated rings. The van der Waals surface area contributed by atoms with Gasteiger partial charge < -0.3 is 10.5 Å². The molecule has 0 bridgehead atoms. The first kappa shape index (κ1) is 15.6. The molecule has 2 N–H and O–H groups in total. The van der Waals surface area contributed by atoms with Crippen LogP contribution in [-0.2, 0) is 14.3 Å². The van der Waals surface area contributed by atoms with Crippen molar-refractivity contribution < 1.29 is 14.3 Å². The van der Waals surface area contributed by atoms with Crippen LogP contribution < -0.4 is 5.73 Å². The average Bonchev–Trinajstić information content (AvgIpc) is 2.61. The fraction of sp³-hybridized carbons (Fsp3) is 0.538. The topological polar surface area (TPSA) is 82.3 Å². The smallest absolute Gasteiger partial charge is 0.314 e. The molecule has 0 saturated carbocycles. The molecular weight excluding hydrogens is 264 g/mol. The van der Waals surface area contributed by atoms with Crippen molar-refractivity contribution in [3.05, 3.63) is 17.0 Å². The number of carbonyl (C=O) groups is 2. The van der Waals surface area contributed by atoms with Crippen molar-refractivity contribution in [2.45, 2.75) is 46.1 Å². The number of ether oxygens (including phenoxy) is 1. The van der Waals surface area contributed by atoms with Gasteiger partial charge in [-0.15, -0.1) is 11.3 Å². The van der Waals surface area contributed by atoms with E-state index in [0.717, 1.165) is 0 Å². The molecule has 105 valence electrons. The molecule has 0 aromatic carbocycles. The van der Waals surface area contributed by atoms with Crippen LogP contribution in [0.3, 0.4) is 0 Å². The predicted molar refractivity (Wildman–Crippen MR) is 74.7 cm³/mol. The molecule has 0 aliphatic rings. The summed E-state index contributed by atoms with van der Waals surface area (Å²) in [6.07, 6.45) is 0.